The molecular formula is C11H13F2NO. The number of carbonyl (C=O) groups excluding carboxylic acids is 1. The van der Waals surface area contributed by atoms with Crippen molar-refractivity contribution in [3.8, 4) is 0 Å². The third-order valence-electron chi connectivity index (χ3n) is 2.22. The molecule has 0 aliphatic carbocycles. The van der Waals surface area contributed by atoms with E-state index in [0.717, 1.165) is 12.1 Å². The van der Waals surface area contributed by atoms with E-state index < -0.39 is 17.7 Å². The van der Waals surface area contributed by atoms with E-state index in [4.69, 9.17) is 5.73 Å². The van der Waals surface area contributed by atoms with Gasteiger partial charge in [-0.15, -0.1) is 0 Å². The fourth-order valence-electron chi connectivity index (χ4n) is 1.30. The summed E-state index contributed by atoms with van der Waals surface area (Å²) in [6.07, 6.45) is 0.433. The molecule has 0 aliphatic heterocycles. The Morgan fingerprint density at radius 2 is 2.13 bits per heavy atom. The zero-order valence-electron chi connectivity index (χ0n) is 8.47. The van der Waals surface area contributed by atoms with Crippen LogP contribution in [0.25, 0.3) is 0 Å². The first-order chi connectivity index (χ1) is 7.04. The molecule has 15 heavy (non-hydrogen) atoms. The van der Waals surface area contributed by atoms with Crippen molar-refractivity contribution in [2.24, 2.45) is 5.73 Å². The van der Waals surface area contributed by atoms with Crippen LogP contribution >= 0.6 is 0 Å². The van der Waals surface area contributed by atoms with E-state index >= 15 is 0 Å². The average Bonchev–Trinajstić information content (AvgIpc) is 2.20. The number of Topliss-reactive ketones (excluding diaryl/α,β-unsaturated/α-hetero) is 1. The van der Waals surface area contributed by atoms with E-state index in [-0.39, 0.29) is 17.8 Å². The Labute approximate surface area is 87.1 Å². The molecule has 0 fully saturated rings. The number of rotatable bonds is 4. The minimum absolute atomic E-state index is 0.110. The highest BCUT2D eigenvalue weighted by molar-refractivity contribution is 5.83. The second-order valence-electron chi connectivity index (χ2n) is 3.37. The summed E-state index contributed by atoms with van der Waals surface area (Å²) < 4.78 is 25.7. The molecule has 0 aromatic heterocycles. The third kappa shape index (κ3) is 3.09. The van der Waals surface area contributed by atoms with E-state index in [1.54, 1.807) is 6.92 Å². The normalized spacial score (nSPS) is 12.5. The summed E-state index contributed by atoms with van der Waals surface area (Å²) in [7, 11) is 0. The lowest BCUT2D eigenvalue weighted by atomic mass is 10.0. The third-order valence-corrected chi connectivity index (χ3v) is 2.22. The van der Waals surface area contributed by atoms with Gasteiger partial charge in [0.1, 0.15) is 17.4 Å². The van der Waals surface area contributed by atoms with Gasteiger partial charge in [-0.2, -0.15) is 0 Å². The molecule has 0 saturated carbocycles. The molecule has 1 unspecified atom stereocenters. The van der Waals surface area contributed by atoms with Gasteiger partial charge in [-0.05, 0) is 18.1 Å². The van der Waals surface area contributed by atoms with E-state index in [9.17, 15) is 13.6 Å². The van der Waals surface area contributed by atoms with E-state index in [0.29, 0.717) is 6.42 Å². The van der Waals surface area contributed by atoms with Crippen LogP contribution in [0.15, 0.2) is 18.2 Å². The molecule has 0 aliphatic rings. The van der Waals surface area contributed by atoms with Gasteiger partial charge in [0.2, 0.25) is 0 Å². The van der Waals surface area contributed by atoms with Crippen molar-refractivity contribution in [2.75, 3.05) is 0 Å². The van der Waals surface area contributed by atoms with Gasteiger partial charge < -0.3 is 5.73 Å². The van der Waals surface area contributed by atoms with Crippen molar-refractivity contribution in [2.45, 2.75) is 25.8 Å². The van der Waals surface area contributed by atoms with Crippen LogP contribution in [0.2, 0.25) is 0 Å². The number of hydrogen-bond acceptors (Lipinski definition) is 2. The highest BCUT2D eigenvalue weighted by Crippen LogP contribution is 2.11. The highest BCUT2D eigenvalue weighted by atomic mass is 19.1. The number of ketones is 1. The summed E-state index contributed by atoms with van der Waals surface area (Å²) in [5, 5.41) is 0. The maximum Gasteiger partial charge on any atom is 0.149 e. The van der Waals surface area contributed by atoms with Crippen molar-refractivity contribution in [3.63, 3.8) is 0 Å². The average molecular weight is 213 g/mol. The largest absolute Gasteiger partial charge is 0.321 e. The number of hydrogen-bond donors (Lipinski definition) is 1. The number of halogens is 2. The van der Waals surface area contributed by atoms with Crippen molar-refractivity contribution in [1.82, 2.24) is 0 Å². The summed E-state index contributed by atoms with van der Waals surface area (Å²) in [6.45, 7) is 1.70. The van der Waals surface area contributed by atoms with Crippen molar-refractivity contribution < 1.29 is 13.6 Å². The molecule has 1 rings (SSSR count). The number of benzene rings is 1. The van der Waals surface area contributed by atoms with E-state index in [1.165, 1.54) is 6.07 Å². The summed E-state index contributed by atoms with van der Waals surface area (Å²) in [4.78, 5) is 11.2. The Hall–Kier alpha value is -1.29. The second kappa shape index (κ2) is 4.98. The van der Waals surface area contributed by atoms with E-state index in [2.05, 4.69) is 0 Å². The monoisotopic (exact) mass is 213 g/mol. The smallest absolute Gasteiger partial charge is 0.149 e. The second-order valence-corrected chi connectivity index (χ2v) is 3.37. The number of carbonyl (C=O) groups is 1. The SMILES string of the molecule is CCC(=O)C(N)Cc1ccc(F)cc1F. The standard InChI is InChI=1S/C11H13F2NO/c1-2-11(15)10(14)5-7-3-4-8(12)6-9(7)13/h3-4,6,10H,2,5,14H2,1H3. The molecule has 2 N–H and O–H groups in total. The molecule has 0 heterocycles. The van der Waals surface area contributed by atoms with Gasteiger partial charge in [-0.25, -0.2) is 8.78 Å². The summed E-state index contributed by atoms with van der Waals surface area (Å²) in [5.41, 5.74) is 5.83. The quantitative estimate of drug-likeness (QED) is 0.828. The van der Waals surface area contributed by atoms with Crippen molar-refractivity contribution >= 4 is 5.78 Å². The lowest BCUT2D eigenvalue weighted by molar-refractivity contribution is -0.119. The maximum atomic E-state index is 13.2. The Morgan fingerprint density at radius 1 is 1.47 bits per heavy atom. The molecule has 2 nitrogen and oxygen atoms in total. The summed E-state index contributed by atoms with van der Waals surface area (Å²) in [5.74, 6) is -1.42. The zero-order chi connectivity index (χ0) is 11.4. The fourth-order valence-corrected chi connectivity index (χ4v) is 1.30. The molecular weight excluding hydrogens is 200 g/mol. The first-order valence-electron chi connectivity index (χ1n) is 4.76. The first-order valence-corrected chi connectivity index (χ1v) is 4.76. The van der Waals surface area contributed by atoms with Crippen LogP contribution in [0.3, 0.4) is 0 Å². The Morgan fingerprint density at radius 3 is 2.67 bits per heavy atom. The topological polar surface area (TPSA) is 43.1 Å². The van der Waals surface area contributed by atoms with E-state index in [1.807, 2.05) is 0 Å². The molecule has 1 atom stereocenters. The van der Waals surface area contributed by atoms with Crippen molar-refractivity contribution in [1.29, 1.82) is 0 Å². The predicted molar refractivity (Wildman–Crippen MR) is 53.3 cm³/mol. The zero-order valence-corrected chi connectivity index (χ0v) is 8.47. The van der Waals surface area contributed by atoms with Crippen molar-refractivity contribution in [3.05, 3.63) is 35.4 Å². The lowest BCUT2D eigenvalue weighted by Crippen LogP contribution is -2.32. The summed E-state index contributed by atoms with van der Waals surface area (Å²) >= 11 is 0. The highest BCUT2D eigenvalue weighted by Gasteiger charge is 2.14. The fraction of sp³-hybridized carbons (Fsp3) is 0.364. The minimum atomic E-state index is -0.713. The molecule has 1 aromatic rings. The van der Waals surface area contributed by atoms with Gasteiger partial charge in [0, 0.05) is 12.5 Å². The maximum absolute atomic E-state index is 13.2. The molecule has 0 bridgehead atoms. The molecule has 1 aromatic carbocycles. The molecule has 4 heteroatoms. The molecule has 0 radical (unpaired) electrons. The molecule has 0 spiro atoms. The van der Waals surface area contributed by atoms with Gasteiger partial charge >= 0.3 is 0 Å². The Bertz CT molecular complexity index is 366. The predicted octanol–water partition coefficient (Wildman–Crippen LogP) is 1.81. The molecule has 0 amide bonds. The Balaban J connectivity index is 2.76. The van der Waals surface area contributed by atoms with Crippen LogP contribution in [0.5, 0.6) is 0 Å². The summed E-state index contributed by atoms with van der Waals surface area (Å²) in [6, 6.07) is 2.54. The van der Waals surface area contributed by atoms with Crippen LogP contribution in [0.4, 0.5) is 8.78 Å². The van der Waals surface area contributed by atoms with Crippen LogP contribution in [0, 0.1) is 11.6 Å². The number of nitrogens with two attached hydrogens (primary N) is 1. The first kappa shape index (κ1) is 11.8. The molecule has 82 valence electrons. The van der Waals surface area contributed by atoms with Gasteiger partial charge in [0.05, 0.1) is 6.04 Å². The minimum Gasteiger partial charge on any atom is -0.321 e. The van der Waals surface area contributed by atoms with Crippen LogP contribution < -0.4 is 5.73 Å². The molecule has 0 saturated heterocycles. The lowest BCUT2D eigenvalue weighted by Gasteiger charge is -2.09. The van der Waals surface area contributed by atoms with Crippen LogP contribution in [-0.2, 0) is 11.2 Å². The van der Waals surface area contributed by atoms with Crippen LogP contribution in [0.1, 0.15) is 18.9 Å². The van der Waals surface area contributed by atoms with Gasteiger partial charge in [-0.1, -0.05) is 13.0 Å². The Kier molecular flexibility index (Phi) is 3.91. The van der Waals surface area contributed by atoms with Crippen LogP contribution in [-0.4, -0.2) is 11.8 Å². The van der Waals surface area contributed by atoms with Gasteiger partial charge in [0.25, 0.3) is 0 Å². The van der Waals surface area contributed by atoms with Gasteiger partial charge in [-0.3, -0.25) is 4.79 Å². The van der Waals surface area contributed by atoms with Gasteiger partial charge in [0.15, 0.2) is 0 Å².